The number of morpholine rings is 1. The fourth-order valence-corrected chi connectivity index (χ4v) is 2.49. The number of ether oxygens (including phenoxy) is 1. The van der Waals surface area contributed by atoms with Gasteiger partial charge in [0.2, 0.25) is 5.89 Å². The van der Waals surface area contributed by atoms with Crippen LogP contribution in [0.2, 0.25) is 0 Å². The Balaban J connectivity index is 1.71. The Morgan fingerprint density at radius 3 is 2.85 bits per heavy atom. The van der Waals surface area contributed by atoms with Crippen LogP contribution in [0.1, 0.15) is 19.7 Å². The van der Waals surface area contributed by atoms with E-state index in [0.29, 0.717) is 6.04 Å². The van der Waals surface area contributed by atoms with Gasteiger partial charge < -0.3 is 9.15 Å². The predicted molar refractivity (Wildman–Crippen MR) is 77.2 cm³/mol. The molecule has 0 spiro atoms. The number of hydrogen-bond acceptors (Lipinski definition) is 4. The van der Waals surface area contributed by atoms with Crippen molar-refractivity contribution in [3.63, 3.8) is 0 Å². The maximum Gasteiger partial charge on any atom is 0.209 e. The highest BCUT2D eigenvalue weighted by Crippen LogP contribution is 2.21. The molecule has 20 heavy (non-hydrogen) atoms. The molecule has 1 aromatic carbocycles. The second kappa shape index (κ2) is 5.77. The first kappa shape index (κ1) is 13.3. The molecule has 2 unspecified atom stereocenters. The summed E-state index contributed by atoms with van der Waals surface area (Å²) < 4.78 is 11.5. The molecule has 2 aromatic rings. The Labute approximate surface area is 119 Å². The normalized spacial score (nSPS) is 23.9. The number of rotatable bonds is 3. The number of hydrogen-bond donors (Lipinski definition) is 0. The molecule has 1 aromatic heterocycles. The highest BCUT2D eigenvalue weighted by atomic mass is 16.5. The van der Waals surface area contributed by atoms with E-state index in [1.807, 2.05) is 30.3 Å². The summed E-state index contributed by atoms with van der Waals surface area (Å²) >= 11 is 0. The lowest BCUT2D eigenvalue weighted by Gasteiger charge is -2.35. The van der Waals surface area contributed by atoms with Gasteiger partial charge in [0.25, 0.3) is 0 Å². The molecule has 4 nitrogen and oxygen atoms in total. The van der Waals surface area contributed by atoms with Crippen molar-refractivity contribution in [3.8, 4) is 11.3 Å². The summed E-state index contributed by atoms with van der Waals surface area (Å²) in [6.45, 7) is 6.70. The molecule has 0 bridgehead atoms. The molecule has 0 saturated carbocycles. The molecule has 1 aliphatic heterocycles. The van der Waals surface area contributed by atoms with Crippen molar-refractivity contribution in [1.82, 2.24) is 9.88 Å². The average molecular weight is 272 g/mol. The minimum atomic E-state index is 0.273. The summed E-state index contributed by atoms with van der Waals surface area (Å²) in [6.07, 6.45) is 2.08. The molecule has 0 aliphatic carbocycles. The summed E-state index contributed by atoms with van der Waals surface area (Å²) in [7, 11) is 0. The van der Waals surface area contributed by atoms with Crippen LogP contribution < -0.4 is 0 Å². The van der Waals surface area contributed by atoms with Crippen molar-refractivity contribution in [2.75, 3.05) is 13.2 Å². The molecular weight excluding hydrogens is 252 g/mol. The van der Waals surface area contributed by atoms with E-state index >= 15 is 0 Å². The molecule has 4 heteroatoms. The van der Waals surface area contributed by atoms with Crippen LogP contribution in [0, 0.1) is 0 Å². The molecule has 3 rings (SSSR count). The van der Waals surface area contributed by atoms with Crippen LogP contribution >= 0.6 is 0 Å². The number of aromatic nitrogens is 1. The van der Waals surface area contributed by atoms with Gasteiger partial charge in [-0.05, 0) is 13.8 Å². The summed E-state index contributed by atoms with van der Waals surface area (Å²) in [5.41, 5.74) is 1.06. The topological polar surface area (TPSA) is 38.5 Å². The van der Waals surface area contributed by atoms with Crippen LogP contribution in [-0.4, -0.2) is 35.2 Å². The van der Waals surface area contributed by atoms with Crippen LogP contribution in [0.3, 0.4) is 0 Å². The minimum Gasteiger partial charge on any atom is -0.439 e. The lowest BCUT2D eigenvalue weighted by molar-refractivity contribution is -0.0550. The summed E-state index contributed by atoms with van der Waals surface area (Å²) in [6, 6.07) is 10.5. The highest BCUT2D eigenvalue weighted by molar-refractivity contribution is 5.55. The first-order valence-electron chi connectivity index (χ1n) is 7.08. The second-order valence-electron chi connectivity index (χ2n) is 5.41. The molecule has 106 valence electrons. The SMILES string of the molecule is CC1CN(Cc2ncc(-c3ccccc3)o2)C(C)CO1. The number of benzene rings is 1. The fourth-order valence-electron chi connectivity index (χ4n) is 2.49. The zero-order valence-electron chi connectivity index (χ0n) is 12.0. The van der Waals surface area contributed by atoms with Crippen molar-refractivity contribution in [2.24, 2.45) is 0 Å². The number of nitrogens with zero attached hydrogens (tertiary/aromatic N) is 2. The van der Waals surface area contributed by atoms with Crippen molar-refractivity contribution >= 4 is 0 Å². The van der Waals surface area contributed by atoms with Gasteiger partial charge in [0, 0.05) is 18.2 Å². The van der Waals surface area contributed by atoms with Gasteiger partial charge in [-0.3, -0.25) is 4.90 Å². The smallest absolute Gasteiger partial charge is 0.209 e. The number of oxazole rings is 1. The van der Waals surface area contributed by atoms with E-state index in [1.54, 1.807) is 6.20 Å². The molecule has 2 atom stereocenters. The third-order valence-corrected chi connectivity index (χ3v) is 3.69. The van der Waals surface area contributed by atoms with Gasteiger partial charge in [-0.25, -0.2) is 4.98 Å². The van der Waals surface area contributed by atoms with E-state index in [9.17, 15) is 0 Å². The highest BCUT2D eigenvalue weighted by Gasteiger charge is 2.24. The van der Waals surface area contributed by atoms with Gasteiger partial charge in [-0.1, -0.05) is 30.3 Å². The van der Waals surface area contributed by atoms with Crippen LogP contribution in [-0.2, 0) is 11.3 Å². The van der Waals surface area contributed by atoms with Crippen LogP contribution in [0.25, 0.3) is 11.3 Å². The lowest BCUT2D eigenvalue weighted by atomic mass is 10.2. The van der Waals surface area contributed by atoms with Crippen molar-refractivity contribution in [2.45, 2.75) is 32.5 Å². The van der Waals surface area contributed by atoms with E-state index in [-0.39, 0.29) is 6.10 Å². The Morgan fingerprint density at radius 1 is 1.25 bits per heavy atom. The Morgan fingerprint density at radius 2 is 2.05 bits per heavy atom. The van der Waals surface area contributed by atoms with Crippen LogP contribution in [0.15, 0.2) is 40.9 Å². The largest absolute Gasteiger partial charge is 0.439 e. The first-order chi connectivity index (χ1) is 9.72. The monoisotopic (exact) mass is 272 g/mol. The molecule has 1 fully saturated rings. The van der Waals surface area contributed by atoms with Gasteiger partial charge in [0.05, 0.1) is 25.5 Å². The molecule has 1 aliphatic rings. The lowest BCUT2D eigenvalue weighted by Crippen LogP contribution is -2.46. The van der Waals surface area contributed by atoms with Gasteiger partial charge >= 0.3 is 0 Å². The van der Waals surface area contributed by atoms with Crippen LogP contribution in [0.4, 0.5) is 0 Å². The minimum absolute atomic E-state index is 0.273. The predicted octanol–water partition coefficient (Wildman–Crippen LogP) is 2.95. The van der Waals surface area contributed by atoms with Crippen molar-refractivity contribution < 1.29 is 9.15 Å². The van der Waals surface area contributed by atoms with Gasteiger partial charge in [0.15, 0.2) is 5.76 Å². The Bertz CT molecular complexity index is 553. The van der Waals surface area contributed by atoms with Crippen molar-refractivity contribution in [1.29, 1.82) is 0 Å². The second-order valence-corrected chi connectivity index (χ2v) is 5.41. The van der Waals surface area contributed by atoms with E-state index in [0.717, 1.165) is 36.9 Å². The van der Waals surface area contributed by atoms with E-state index in [1.165, 1.54) is 0 Å². The molecular formula is C16H20N2O2. The van der Waals surface area contributed by atoms with Gasteiger partial charge in [-0.2, -0.15) is 0 Å². The van der Waals surface area contributed by atoms with Crippen LogP contribution in [0.5, 0.6) is 0 Å². The fraction of sp³-hybridized carbons (Fsp3) is 0.438. The standard InChI is InChI=1S/C16H20N2O2/c1-12-11-19-13(2)9-18(12)10-16-17-8-15(20-16)14-6-4-3-5-7-14/h3-8,12-13H,9-11H2,1-2H3. The van der Waals surface area contributed by atoms with Gasteiger partial charge in [-0.15, -0.1) is 0 Å². The zero-order valence-corrected chi connectivity index (χ0v) is 12.0. The first-order valence-corrected chi connectivity index (χ1v) is 7.08. The zero-order chi connectivity index (χ0) is 13.9. The van der Waals surface area contributed by atoms with E-state index < -0.39 is 0 Å². The van der Waals surface area contributed by atoms with E-state index in [2.05, 4.69) is 23.7 Å². The quantitative estimate of drug-likeness (QED) is 0.861. The average Bonchev–Trinajstić information content (AvgIpc) is 2.92. The molecule has 2 heterocycles. The Kier molecular flexibility index (Phi) is 3.85. The summed E-state index contributed by atoms with van der Waals surface area (Å²) in [4.78, 5) is 6.75. The van der Waals surface area contributed by atoms with E-state index in [4.69, 9.17) is 9.15 Å². The third kappa shape index (κ3) is 2.92. The van der Waals surface area contributed by atoms with Gasteiger partial charge in [0.1, 0.15) is 0 Å². The maximum absolute atomic E-state index is 5.86. The molecule has 0 amide bonds. The molecule has 0 radical (unpaired) electrons. The molecule has 0 N–H and O–H groups in total. The molecule has 1 saturated heterocycles. The maximum atomic E-state index is 5.86. The summed E-state index contributed by atoms with van der Waals surface area (Å²) in [5.74, 6) is 1.60. The summed E-state index contributed by atoms with van der Waals surface area (Å²) in [5, 5.41) is 0. The van der Waals surface area contributed by atoms with Crippen molar-refractivity contribution in [3.05, 3.63) is 42.4 Å². The Hall–Kier alpha value is -1.65. The third-order valence-electron chi connectivity index (χ3n) is 3.69.